The van der Waals surface area contributed by atoms with Gasteiger partial charge in [-0.2, -0.15) is 4.31 Å². The van der Waals surface area contributed by atoms with E-state index in [0.717, 1.165) is 11.0 Å². The molecule has 2 heterocycles. The molecule has 0 aliphatic carbocycles. The van der Waals surface area contributed by atoms with Crippen molar-refractivity contribution in [2.24, 2.45) is 0 Å². The van der Waals surface area contributed by atoms with Gasteiger partial charge in [0.05, 0.1) is 11.7 Å². The fraction of sp³-hybridized carbons (Fsp3) is 0.778. The van der Waals surface area contributed by atoms with Crippen molar-refractivity contribution >= 4 is 15.6 Å². The van der Waals surface area contributed by atoms with Crippen LogP contribution in [0.4, 0.5) is 0 Å². The molecule has 0 amide bonds. The Kier molecular flexibility index (Phi) is 9.42. The molecule has 1 aliphatic rings. The number of aromatic amines is 1. The van der Waals surface area contributed by atoms with Gasteiger partial charge in [0.2, 0.25) is 0 Å². The van der Waals surface area contributed by atoms with Crippen LogP contribution in [-0.2, 0) is 22.7 Å². The lowest BCUT2D eigenvalue weighted by atomic mass is 9.85. The van der Waals surface area contributed by atoms with Gasteiger partial charge in [0.25, 0.3) is 5.56 Å². The summed E-state index contributed by atoms with van der Waals surface area (Å²) in [5.74, 6) is 0. The molecule has 2 unspecified atom stereocenters. The van der Waals surface area contributed by atoms with E-state index in [9.17, 15) is 28.7 Å². The standard InChI is InChI=1S/C18H32N2O11P2/c1-4-6-8-13(30-33(27,28)31-32(24,25)26)15-18(23,9-7-5-2)10-14(29-15)20-11-12(3)16(21)19-17(20)22/h11,13-15,23H,4-10H2,1-3H3,(H,27,28)(H,19,21,22)(H2,24,25,26)/t13?,14-,15-,18+/m1/s1. The molecule has 1 aliphatic heterocycles. The highest BCUT2D eigenvalue weighted by Gasteiger charge is 2.53. The van der Waals surface area contributed by atoms with Crippen molar-refractivity contribution in [3.8, 4) is 0 Å². The first-order valence-corrected chi connectivity index (χ1v) is 13.7. The predicted molar refractivity (Wildman–Crippen MR) is 116 cm³/mol. The minimum atomic E-state index is -5.35. The van der Waals surface area contributed by atoms with E-state index in [2.05, 4.69) is 9.29 Å². The molecule has 1 aromatic rings. The Morgan fingerprint density at radius 1 is 1.24 bits per heavy atom. The van der Waals surface area contributed by atoms with Gasteiger partial charge in [-0.1, -0.05) is 39.5 Å². The van der Waals surface area contributed by atoms with Gasteiger partial charge >= 0.3 is 21.3 Å². The molecule has 1 saturated heterocycles. The van der Waals surface area contributed by atoms with Crippen molar-refractivity contribution in [2.45, 2.75) is 89.8 Å². The molecule has 5 atom stereocenters. The first kappa shape index (κ1) is 28.1. The Labute approximate surface area is 190 Å². The van der Waals surface area contributed by atoms with E-state index in [1.807, 2.05) is 13.8 Å². The fourth-order valence-corrected chi connectivity index (χ4v) is 5.66. The highest BCUT2D eigenvalue weighted by molar-refractivity contribution is 7.60. The van der Waals surface area contributed by atoms with E-state index in [1.165, 1.54) is 13.1 Å². The maximum absolute atomic E-state index is 12.4. The number of nitrogens with zero attached hydrogens (tertiary/aromatic N) is 1. The van der Waals surface area contributed by atoms with Crippen LogP contribution in [0.25, 0.3) is 0 Å². The maximum Gasteiger partial charge on any atom is 0.481 e. The normalized spacial score (nSPS) is 26.3. The molecular weight excluding hydrogens is 482 g/mol. The number of phosphoric ester groups is 1. The molecule has 13 nitrogen and oxygen atoms in total. The molecule has 0 bridgehead atoms. The van der Waals surface area contributed by atoms with Gasteiger partial charge < -0.3 is 24.5 Å². The minimum Gasteiger partial charge on any atom is -0.387 e. The summed E-state index contributed by atoms with van der Waals surface area (Å²) in [4.78, 5) is 54.0. The molecule has 0 radical (unpaired) electrons. The Morgan fingerprint density at radius 2 is 1.88 bits per heavy atom. The smallest absolute Gasteiger partial charge is 0.387 e. The number of H-pyrrole nitrogens is 1. The zero-order valence-corrected chi connectivity index (χ0v) is 20.5. The third-order valence-electron chi connectivity index (χ3n) is 5.44. The van der Waals surface area contributed by atoms with Crippen LogP contribution >= 0.6 is 15.6 Å². The highest BCUT2D eigenvalue weighted by atomic mass is 31.3. The highest BCUT2D eigenvalue weighted by Crippen LogP contribution is 2.59. The van der Waals surface area contributed by atoms with Crippen molar-refractivity contribution in [3.63, 3.8) is 0 Å². The Bertz CT molecular complexity index is 1020. The first-order chi connectivity index (χ1) is 15.2. The molecule has 1 aromatic heterocycles. The van der Waals surface area contributed by atoms with Crippen molar-refractivity contribution in [1.82, 2.24) is 9.55 Å². The van der Waals surface area contributed by atoms with Crippen LogP contribution in [0, 0.1) is 6.92 Å². The van der Waals surface area contributed by atoms with Crippen LogP contribution in [0.1, 0.15) is 70.6 Å². The van der Waals surface area contributed by atoms with Gasteiger partial charge in [-0.05, 0) is 19.8 Å². The van der Waals surface area contributed by atoms with E-state index in [0.29, 0.717) is 19.3 Å². The molecule has 190 valence electrons. The van der Waals surface area contributed by atoms with Crippen molar-refractivity contribution in [2.75, 3.05) is 0 Å². The number of ether oxygens (including phenoxy) is 1. The van der Waals surface area contributed by atoms with Gasteiger partial charge in [0.1, 0.15) is 12.3 Å². The SMILES string of the molecule is CCCCC(OP(=O)(O)OP(=O)(O)O)[C@H]1O[C@@H](n2cc(C)c(=O)[nH]c2=O)C[C@@]1(O)CCCC. The number of hydrogen-bond donors (Lipinski definition) is 5. The third kappa shape index (κ3) is 7.68. The molecule has 15 heteroatoms. The molecular formula is C18H32N2O11P2. The van der Waals surface area contributed by atoms with Gasteiger partial charge in [-0.15, -0.1) is 0 Å². The van der Waals surface area contributed by atoms with E-state index in [-0.39, 0.29) is 24.8 Å². The summed E-state index contributed by atoms with van der Waals surface area (Å²) in [6.07, 6.45) is 0.432. The summed E-state index contributed by atoms with van der Waals surface area (Å²) in [7, 11) is -10.6. The lowest BCUT2D eigenvalue weighted by molar-refractivity contribution is -0.118. The first-order valence-electron chi connectivity index (χ1n) is 10.7. The lowest BCUT2D eigenvalue weighted by Crippen LogP contribution is -2.46. The van der Waals surface area contributed by atoms with Gasteiger partial charge in [0.15, 0.2) is 0 Å². The Balaban J connectivity index is 2.44. The lowest BCUT2D eigenvalue weighted by Gasteiger charge is -2.34. The minimum absolute atomic E-state index is 0.0792. The molecule has 33 heavy (non-hydrogen) atoms. The van der Waals surface area contributed by atoms with Crippen LogP contribution in [0.5, 0.6) is 0 Å². The quantitative estimate of drug-likeness (QED) is 0.255. The van der Waals surface area contributed by atoms with Crippen LogP contribution < -0.4 is 11.2 Å². The van der Waals surface area contributed by atoms with Gasteiger partial charge in [0, 0.05) is 18.2 Å². The van der Waals surface area contributed by atoms with Crippen LogP contribution in [0.15, 0.2) is 15.8 Å². The molecule has 5 N–H and O–H groups in total. The molecule has 0 spiro atoms. The molecule has 1 fully saturated rings. The summed E-state index contributed by atoms with van der Waals surface area (Å²) in [6.45, 7) is 5.26. The molecule has 2 rings (SSSR count). The number of hydrogen-bond acceptors (Lipinski definition) is 8. The number of unbranched alkanes of at least 4 members (excludes halogenated alkanes) is 2. The molecule has 0 saturated carbocycles. The number of aromatic nitrogens is 2. The molecule has 0 aromatic carbocycles. The second kappa shape index (κ2) is 11.1. The second-order valence-electron chi connectivity index (χ2n) is 8.23. The number of rotatable bonds is 12. The van der Waals surface area contributed by atoms with Crippen LogP contribution in [0.2, 0.25) is 0 Å². The van der Waals surface area contributed by atoms with E-state index < -0.39 is 50.9 Å². The topological polar surface area (TPSA) is 198 Å². The number of phosphoric acid groups is 2. The van der Waals surface area contributed by atoms with E-state index in [1.54, 1.807) is 0 Å². The second-order valence-corrected chi connectivity index (χ2v) is 11.0. The van der Waals surface area contributed by atoms with Crippen LogP contribution in [-0.4, -0.2) is 47.1 Å². The summed E-state index contributed by atoms with van der Waals surface area (Å²) in [5.41, 5.74) is -2.66. The summed E-state index contributed by atoms with van der Waals surface area (Å²) < 4.78 is 39.4. The van der Waals surface area contributed by atoms with Gasteiger partial charge in [-0.3, -0.25) is 18.9 Å². The van der Waals surface area contributed by atoms with Gasteiger partial charge in [-0.25, -0.2) is 13.9 Å². The van der Waals surface area contributed by atoms with Crippen molar-refractivity contribution < 1.29 is 42.5 Å². The zero-order chi connectivity index (χ0) is 25.0. The monoisotopic (exact) mass is 514 g/mol. The van der Waals surface area contributed by atoms with Crippen molar-refractivity contribution in [1.29, 1.82) is 0 Å². The number of nitrogens with one attached hydrogen (secondary N) is 1. The van der Waals surface area contributed by atoms with Crippen molar-refractivity contribution in [3.05, 3.63) is 32.6 Å². The predicted octanol–water partition coefficient (Wildman–Crippen LogP) is 1.84. The maximum atomic E-state index is 12.4. The summed E-state index contributed by atoms with van der Waals surface area (Å²) in [5, 5.41) is 11.5. The van der Waals surface area contributed by atoms with Crippen LogP contribution in [0.3, 0.4) is 0 Å². The Morgan fingerprint density at radius 3 is 2.45 bits per heavy atom. The largest absolute Gasteiger partial charge is 0.481 e. The third-order valence-corrected chi connectivity index (χ3v) is 7.65. The number of aliphatic hydroxyl groups is 1. The summed E-state index contributed by atoms with van der Waals surface area (Å²) in [6, 6.07) is 0. The Hall–Kier alpha value is -1.14. The van der Waals surface area contributed by atoms with E-state index in [4.69, 9.17) is 19.0 Å². The fourth-order valence-electron chi connectivity index (χ4n) is 3.88. The number of aryl methyl sites for hydroxylation is 1. The average molecular weight is 514 g/mol. The van der Waals surface area contributed by atoms with E-state index >= 15 is 0 Å². The average Bonchev–Trinajstić information content (AvgIpc) is 3.02. The zero-order valence-electron chi connectivity index (χ0n) is 18.7. The summed E-state index contributed by atoms with van der Waals surface area (Å²) >= 11 is 0.